The van der Waals surface area contributed by atoms with Crippen LogP contribution in [0.2, 0.25) is 5.02 Å². The molecule has 2 aromatic rings. The zero-order valence-electron chi connectivity index (χ0n) is 10.9. The molecule has 0 aliphatic rings. The average molecular weight is 374 g/mol. The normalized spacial score (nSPS) is 12.0. The van der Waals surface area contributed by atoms with Crippen LogP contribution in [0, 0.1) is 15.9 Å². The van der Waals surface area contributed by atoms with Crippen molar-refractivity contribution in [2.75, 3.05) is 5.32 Å². The number of nitro groups is 1. The summed E-state index contributed by atoms with van der Waals surface area (Å²) in [5, 5.41) is 14.6. The lowest BCUT2D eigenvalue weighted by Gasteiger charge is -2.16. The fourth-order valence-electron chi connectivity index (χ4n) is 1.87. The largest absolute Gasteiger partial charge is 0.373 e. The number of nitrogens with one attached hydrogen (secondary N) is 1. The Morgan fingerprint density at radius 3 is 2.52 bits per heavy atom. The highest BCUT2D eigenvalue weighted by Crippen LogP contribution is 2.33. The van der Waals surface area contributed by atoms with E-state index in [1.165, 1.54) is 6.07 Å². The average Bonchev–Trinajstić information content (AvgIpc) is 2.43. The molecule has 1 atom stereocenters. The molecule has 0 aliphatic heterocycles. The van der Waals surface area contributed by atoms with Crippen LogP contribution in [0.25, 0.3) is 0 Å². The van der Waals surface area contributed by atoms with Gasteiger partial charge < -0.3 is 5.32 Å². The Balaban J connectivity index is 2.32. The molecule has 21 heavy (non-hydrogen) atoms. The second kappa shape index (κ2) is 6.41. The van der Waals surface area contributed by atoms with E-state index in [2.05, 4.69) is 21.2 Å². The SMILES string of the molecule is CC(Nc1cc(Br)c(F)cc1[N+](=O)[O-])c1ccc(Cl)cc1. The van der Waals surface area contributed by atoms with Crippen LogP contribution in [0.5, 0.6) is 0 Å². The first-order valence-electron chi connectivity index (χ1n) is 6.04. The predicted molar refractivity (Wildman–Crippen MR) is 84.2 cm³/mol. The number of hydrogen-bond acceptors (Lipinski definition) is 3. The molecular formula is C14H11BrClFN2O2. The molecule has 1 N–H and O–H groups in total. The van der Waals surface area contributed by atoms with Gasteiger partial charge >= 0.3 is 0 Å². The molecule has 110 valence electrons. The van der Waals surface area contributed by atoms with Crippen molar-refractivity contribution in [3.05, 3.63) is 67.4 Å². The summed E-state index contributed by atoms with van der Waals surface area (Å²) in [7, 11) is 0. The van der Waals surface area contributed by atoms with Crippen molar-refractivity contribution in [1.29, 1.82) is 0 Å². The van der Waals surface area contributed by atoms with Crippen molar-refractivity contribution < 1.29 is 9.31 Å². The van der Waals surface area contributed by atoms with Crippen molar-refractivity contribution in [3.63, 3.8) is 0 Å². The smallest absolute Gasteiger partial charge is 0.295 e. The summed E-state index contributed by atoms with van der Waals surface area (Å²) in [6, 6.07) is 9.18. The Hall–Kier alpha value is -1.66. The van der Waals surface area contributed by atoms with Crippen molar-refractivity contribution in [2.45, 2.75) is 13.0 Å². The number of nitro benzene ring substituents is 1. The second-order valence-electron chi connectivity index (χ2n) is 4.46. The zero-order valence-corrected chi connectivity index (χ0v) is 13.3. The summed E-state index contributed by atoms with van der Waals surface area (Å²) in [5.41, 5.74) is 0.849. The first-order chi connectivity index (χ1) is 9.88. The number of halogens is 3. The molecule has 0 saturated heterocycles. The maximum atomic E-state index is 13.4. The fraction of sp³-hybridized carbons (Fsp3) is 0.143. The molecule has 0 radical (unpaired) electrons. The number of nitrogens with zero attached hydrogens (tertiary/aromatic N) is 1. The molecule has 2 aromatic carbocycles. The first kappa shape index (κ1) is 15.7. The van der Waals surface area contributed by atoms with Crippen molar-refractivity contribution in [2.24, 2.45) is 0 Å². The lowest BCUT2D eigenvalue weighted by Crippen LogP contribution is -2.08. The third-order valence-electron chi connectivity index (χ3n) is 2.98. The Bertz CT molecular complexity index is 679. The van der Waals surface area contributed by atoms with Crippen LogP contribution in [-0.2, 0) is 0 Å². The van der Waals surface area contributed by atoms with Gasteiger partial charge in [0.1, 0.15) is 11.5 Å². The highest BCUT2D eigenvalue weighted by Gasteiger charge is 2.19. The van der Waals surface area contributed by atoms with Crippen LogP contribution in [0.15, 0.2) is 40.9 Å². The highest BCUT2D eigenvalue weighted by atomic mass is 79.9. The lowest BCUT2D eigenvalue weighted by atomic mass is 10.1. The Labute approximate surface area is 134 Å². The molecule has 0 amide bonds. The standard InChI is InChI=1S/C14H11BrClFN2O2/c1-8(9-2-4-10(16)5-3-9)18-13-6-11(15)12(17)7-14(13)19(20)21/h2-8,18H,1H3. The predicted octanol–water partition coefficient (Wildman–Crippen LogP) is 5.32. The van der Waals surface area contributed by atoms with E-state index in [9.17, 15) is 14.5 Å². The summed E-state index contributed by atoms with van der Waals surface area (Å²) in [4.78, 5) is 10.4. The molecule has 0 bridgehead atoms. The van der Waals surface area contributed by atoms with Crippen LogP contribution in [0.1, 0.15) is 18.5 Å². The van der Waals surface area contributed by atoms with Gasteiger partial charge in [0.05, 0.1) is 15.5 Å². The van der Waals surface area contributed by atoms with E-state index in [4.69, 9.17) is 11.6 Å². The Morgan fingerprint density at radius 2 is 1.95 bits per heavy atom. The van der Waals surface area contributed by atoms with Gasteiger partial charge in [-0.25, -0.2) is 4.39 Å². The molecule has 0 spiro atoms. The van der Waals surface area contributed by atoms with Gasteiger partial charge in [0.15, 0.2) is 0 Å². The molecule has 1 unspecified atom stereocenters. The summed E-state index contributed by atoms with van der Waals surface area (Å²) in [5.74, 6) is -0.675. The first-order valence-corrected chi connectivity index (χ1v) is 7.21. The van der Waals surface area contributed by atoms with Crippen LogP contribution in [0.4, 0.5) is 15.8 Å². The minimum atomic E-state index is -0.675. The molecular weight excluding hydrogens is 363 g/mol. The maximum absolute atomic E-state index is 13.4. The van der Waals surface area contributed by atoms with E-state index in [1.54, 1.807) is 12.1 Å². The van der Waals surface area contributed by atoms with Gasteiger partial charge in [-0.1, -0.05) is 23.7 Å². The number of benzene rings is 2. The number of rotatable bonds is 4. The van der Waals surface area contributed by atoms with Crippen LogP contribution in [0.3, 0.4) is 0 Å². The molecule has 0 aliphatic carbocycles. The zero-order chi connectivity index (χ0) is 15.6. The van der Waals surface area contributed by atoms with Gasteiger partial charge in [-0.15, -0.1) is 0 Å². The third kappa shape index (κ3) is 3.71. The lowest BCUT2D eigenvalue weighted by molar-refractivity contribution is -0.384. The minimum Gasteiger partial charge on any atom is -0.373 e. The summed E-state index contributed by atoms with van der Waals surface area (Å²) < 4.78 is 13.6. The summed E-state index contributed by atoms with van der Waals surface area (Å²) >= 11 is 8.85. The van der Waals surface area contributed by atoms with Crippen LogP contribution >= 0.6 is 27.5 Å². The van der Waals surface area contributed by atoms with E-state index >= 15 is 0 Å². The van der Waals surface area contributed by atoms with Crippen LogP contribution in [-0.4, -0.2) is 4.92 Å². The second-order valence-corrected chi connectivity index (χ2v) is 5.75. The van der Waals surface area contributed by atoms with Gasteiger partial charge in [-0.3, -0.25) is 10.1 Å². The van der Waals surface area contributed by atoms with Gasteiger partial charge in [-0.05, 0) is 46.6 Å². The van der Waals surface area contributed by atoms with Crippen molar-refractivity contribution >= 4 is 38.9 Å². The van der Waals surface area contributed by atoms with E-state index in [0.717, 1.165) is 11.6 Å². The maximum Gasteiger partial charge on any atom is 0.295 e. The monoisotopic (exact) mass is 372 g/mol. The molecule has 4 nitrogen and oxygen atoms in total. The molecule has 0 heterocycles. The van der Waals surface area contributed by atoms with Gasteiger partial charge in [0, 0.05) is 11.1 Å². The van der Waals surface area contributed by atoms with Crippen molar-refractivity contribution in [3.8, 4) is 0 Å². The van der Waals surface area contributed by atoms with Gasteiger partial charge in [-0.2, -0.15) is 0 Å². The topological polar surface area (TPSA) is 55.2 Å². The highest BCUT2D eigenvalue weighted by molar-refractivity contribution is 9.10. The molecule has 7 heteroatoms. The van der Waals surface area contributed by atoms with Crippen LogP contribution < -0.4 is 5.32 Å². The van der Waals surface area contributed by atoms with E-state index in [-0.39, 0.29) is 21.9 Å². The fourth-order valence-corrected chi connectivity index (χ4v) is 2.34. The van der Waals surface area contributed by atoms with E-state index in [0.29, 0.717) is 5.02 Å². The minimum absolute atomic E-state index is 0.166. The summed E-state index contributed by atoms with van der Waals surface area (Å²) in [6.45, 7) is 1.85. The summed E-state index contributed by atoms with van der Waals surface area (Å²) in [6.07, 6.45) is 0. The van der Waals surface area contributed by atoms with E-state index in [1.807, 2.05) is 19.1 Å². The van der Waals surface area contributed by atoms with Gasteiger partial charge in [0.2, 0.25) is 0 Å². The Morgan fingerprint density at radius 1 is 1.33 bits per heavy atom. The quantitative estimate of drug-likeness (QED) is 0.582. The molecule has 0 aromatic heterocycles. The van der Waals surface area contributed by atoms with E-state index < -0.39 is 10.7 Å². The number of anilines is 1. The third-order valence-corrected chi connectivity index (χ3v) is 3.84. The Kier molecular flexibility index (Phi) is 4.80. The molecule has 0 fully saturated rings. The number of hydrogen-bond donors (Lipinski definition) is 1. The molecule has 2 rings (SSSR count). The van der Waals surface area contributed by atoms with Gasteiger partial charge in [0.25, 0.3) is 5.69 Å². The molecule has 0 saturated carbocycles. The van der Waals surface area contributed by atoms with Crippen molar-refractivity contribution in [1.82, 2.24) is 0 Å².